The summed E-state index contributed by atoms with van der Waals surface area (Å²) in [5, 5.41) is 0. The van der Waals surface area contributed by atoms with Crippen LogP contribution >= 0.6 is 0 Å². The zero-order valence-corrected chi connectivity index (χ0v) is 8.84. The van der Waals surface area contributed by atoms with Crippen LogP contribution in [0, 0.1) is 5.92 Å². The van der Waals surface area contributed by atoms with Gasteiger partial charge >= 0.3 is 0 Å². The molecule has 0 radical (unpaired) electrons. The lowest BCUT2D eigenvalue weighted by molar-refractivity contribution is 0.366. The second-order valence-corrected chi connectivity index (χ2v) is 4.72. The molecule has 0 spiro atoms. The van der Waals surface area contributed by atoms with Crippen LogP contribution < -0.4 is 11.5 Å². The number of hydrogen-bond donors (Lipinski definition) is 2. The molecule has 0 aromatic carbocycles. The van der Waals surface area contributed by atoms with Crippen LogP contribution in [0.1, 0.15) is 51.9 Å². The van der Waals surface area contributed by atoms with Crippen molar-refractivity contribution >= 4 is 0 Å². The quantitative estimate of drug-likeness (QED) is 0.605. The SMILES string of the molecule is CC1CCC[C@@H](N)CCCC(N)C1. The van der Waals surface area contributed by atoms with Crippen LogP contribution in [0.25, 0.3) is 0 Å². The first-order valence-electron chi connectivity index (χ1n) is 5.69. The molecular formula is C11H24N2. The molecule has 1 rings (SSSR count). The monoisotopic (exact) mass is 184 g/mol. The molecule has 78 valence electrons. The summed E-state index contributed by atoms with van der Waals surface area (Å²) in [6.45, 7) is 2.31. The Morgan fingerprint density at radius 2 is 1.38 bits per heavy atom. The predicted octanol–water partition coefficient (Wildman–Crippen LogP) is 2.02. The summed E-state index contributed by atoms with van der Waals surface area (Å²) in [4.78, 5) is 0. The van der Waals surface area contributed by atoms with Crippen molar-refractivity contribution in [3.63, 3.8) is 0 Å². The maximum Gasteiger partial charge on any atom is 0.00413 e. The van der Waals surface area contributed by atoms with Crippen molar-refractivity contribution in [2.45, 2.75) is 64.0 Å². The maximum atomic E-state index is 6.02. The van der Waals surface area contributed by atoms with Gasteiger partial charge in [0.05, 0.1) is 0 Å². The van der Waals surface area contributed by atoms with E-state index >= 15 is 0 Å². The molecule has 3 atom stereocenters. The lowest BCUT2D eigenvalue weighted by Gasteiger charge is -2.21. The Bertz CT molecular complexity index is 122. The number of rotatable bonds is 0. The summed E-state index contributed by atoms with van der Waals surface area (Å²) < 4.78 is 0. The summed E-state index contributed by atoms with van der Waals surface area (Å²) in [6.07, 6.45) is 8.56. The summed E-state index contributed by atoms with van der Waals surface area (Å²) in [5.74, 6) is 0.792. The molecule has 1 saturated carbocycles. The standard InChI is InChI=1S/C11H24N2/c1-9-4-2-5-10(12)6-3-7-11(13)8-9/h9-11H,2-8,12-13H2,1H3/t9?,10-,11?/m1/s1. The molecular weight excluding hydrogens is 160 g/mol. The topological polar surface area (TPSA) is 52.0 Å². The highest BCUT2D eigenvalue weighted by Gasteiger charge is 2.13. The highest BCUT2D eigenvalue weighted by Crippen LogP contribution is 2.19. The number of hydrogen-bond acceptors (Lipinski definition) is 2. The predicted molar refractivity (Wildman–Crippen MR) is 57.4 cm³/mol. The van der Waals surface area contributed by atoms with Crippen LogP contribution in [0.5, 0.6) is 0 Å². The van der Waals surface area contributed by atoms with E-state index in [1.54, 1.807) is 0 Å². The van der Waals surface area contributed by atoms with Gasteiger partial charge in [0.2, 0.25) is 0 Å². The number of nitrogens with two attached hydrogens (primary N) is 2. The lowest BCUT2D eigenvalue weighted by Crippen LogP contribution is -2.26. The Hall–Kier alpha value is -0.0800. The zero-order valence-electron chi connectivity index (χ0n) is 8.84. The lowest BCUT2D eigenvalue weighted by atomic mass is 9.90. The highest BCUT2D eigenvalue weighted by molar-refractivity contribution is 4.71. The van der Waals surface area contributed by atoms with Crippen LogP contribution in [0.2, 0.25) is 0 Å². The van der Waals surface area contributed by atoms with Crippen molar-refractivity contribution in [1.82, 2.24) is 0 Å². The zero-order chi connectivity index (χ0) is 9.68. The van der Waals surface area contributed by atoms with E-state index in [9.17, 15) is 0 Å². The summed E-state index contributed by atoms with van der Waals surface area (Å²) in [7, 11) is 0. The summed E-state index contributed by atoms with van der Waals surface area (Å²) in [6, 6.07) is 0.845. The average molecular weight is 184 g/mol. The minimum Gasteiger partial charge on any atom is -0.328 e. The van der Waals surface area contributed by atoms with E-state index in [4.69, 9.17) is 11.5 Å². The first-order chi connectivity index (χ1) is 6.18. The normalized spacial score (nSPS) is 38.5. The smallest absolute Gasteiger partial charge is 0.00413 e. The second kappa shape index (κ2) is 5.61. The van der Waals surface area contributed by atoms with Gasteiger partial charge in [-0.05, 0) is 31.6 Å². The fourth-order valence-electron chi connectivity index (χ4n) is 2.27. The van der Waals surface area contributed by atoms with Gasteiger partial charge in [0, 0.05) is 12.1 Å². The van der Waals surface area contributed by atoms with Gasteiger partial charge in [0.15, 0.2) is 0 Å². The van der Waals surface area contributed by atoms with Crippen molar-refractivity contribution in [2.24, 2.45) is 17.4 Å². The highest BCUT2D eigenvalue weighted by atomic mass is 14.6. The Morgan fingerprint density at radius 1 is 0.846 bits per heavy atom. The Balaban J connectivity index is 2.32. The molecule has 0 saturated heterocycles. The van der Waals surface area contributed by atoms with Gasteiger partial charge in [0.1, 0.15) is 0 Å². The van der Waals surface area contributed by atoms with E-state index in [1.807, 2.05) is 0 Å². The third kappa shape index (κ3) is 4.63. The van der Waals surface area contributed by atoms with E-state index in [0.29, 0.717) is 12.1 Å². The van der Waals surface area contributed by atoms with Crippen LogP contribution in [-0.4, -0.2) is 12.1 Å². The Kier molecular flexibility index (Phi) is 4.74. The second-order valence-electron chi connectivity index (χ2n) is 4.72. The molecule has 2 unspecified atom stereocenters. The van der Waals surface area contributed by atoms with Gasteiger partial charge in [0.25, 0.3) is 0 Å². The van der Waals surface area contributed by atoms with Gasteiger partial charge < -0.3 is 11.5 Å². The first kappa shape index (κ1) is 11.0. The van der Waals surface area contributed by atoms with E-state index in [0.717, 1.165) is 12.3 Å². The fraction of sp³-hybridized carbons (Fsp3) is 1.00. The molecule has 1 aliphatic rings. The fourth-order valence-corrected chi connectivity index (χ4v) is 2.27. The van der Waals surface area contributed by atoms with Crippen LogP contribution in [0.3, 0.4) is 0 Å². The van der Waals surface area contributed by atoms with Crippen LogP contribution in [0.15, 0.2) is 0 Å². The summed E-state index contributed by atoms with van der Waals surface area (Å²) in [5.41, 5.74) is 12.0. The molecule has 1 fully saturated rings. The molecule has 2 heteroatoms. The molecule has 4 N–H and O–H groups in total. The molecule has 0 amide bonds. The minimum atomic E-state index is 0.417. The van der Waals surface area contributed by atoms with E-state index < -0.39 is 0 Å². The van der Waals surface area contributed by atoms with Crippen LogP contribution in [-0.2, 0) is 0 Å². The van der Waals surface area contributed by atoms with Gasteiger partial charge in [-0.3, -0.25) is 0 Å². The molecule has 1 aliphatic carbocycles. The molecule has 0 bridgehead atoms. The van der Waals surface area contributed by atoms with Gasteiger partial charge in [-0.25, -0.2) is 0 Å². The minimum absolute atomic E-state index is 0.417. The molecule has 0 aliphatic heterocycles. The van der Waals surface area contributed by atoms with Gasteiger partial charge in [-0.15, -0.1) is 0 Å². The van der Waals surface area contributed by atoms with E-state index in [2.05, 4.69) is 6.92 Å². The van der Waals surface area contributed by atoms with E-state index in [1.165, 1.54) is 38.5 Å². The van der Waals surface area contributed by atoms with Crippen molar-refractivity contribution in [3.8, 4) is 0 Å². The third-order valence-corrected chi connectivity index (χ3v) is 3.13. The van der Waals surface area contributed by atoms with Crippen molar-refractivity contribution in [2.75, 3.05) is 0 Å². The van der Waals surface area contributed by atoms with E-state index in [-0.39, 0.29) is 0 Å². The molecule has 0 heterocycles. The average Bonchev–Trinajstić information content (AvgIpc) is 2.03. The van der Waals surface area contributed by atoms with Crippen molar-refractivity contribution in [1.29, 1.82) is 0 Å². The molecule has 2 nitrogen and oxygen atoms in total. The first-order valence-corrected chi connectivity index (χ1v) is 5.69. The largest absolute Gasteiger partial charge is 0.328 e. The van der Waals surface area contributed by atoms with Gasteiger partial charge in [-0.2, -0.15) is 0 Å². The molecule has 0 aromatic heterocycles. The molecule has 13 heavy (non-hydrogen) atoms. The third-order valence-electron chi connectivity index (χ3n) is 3.13. The van der Waals surface area contributed by atoms with Crippen LogP contribution in [0.4, 0.5) is 0 Å². The summed E-state index contributed by atoms with van der Waals surface area (Å²) >= 11 is 0. The Morgan fingerprint density at radius 3 is 2.08 bits per heavy atom. The van der Waals surface area contributed by atoms with Crippen molar-refractivity contribution in [3.05, 3.63) is 0 Å². The Labute approximate surface area is 82.1 Å². The van der Waals surface area contributed by atoms with Crippen molar-refractivity contribution < 1.29 is 0 Å². The van der Waals surface area contributed by atoms with Gasteiger partial charge in [-0.1, -0.05) is 26.2 Å². The maximum absolute atomic E-state index is 6.02. The molecule has 0 aromatic rings.